The summed E-state index contributed by atoms with van der Waals surface area (Å²) in [6.45, 7) is 4.41. The van der Waals surface area contributed by atoms with Gasteiger partial charge in [0.2, 0.25) is 5.91 Å². The summed E-state index contributed by atoms with van der Waals surface area (Å²) < 4.78 is 4.88. The number of esters is 1. The van der Waals surface area contributed by atoms with E-state index in [1.54, 1.807) is 0 Å². The van der Waals surface area contributed by atoms with Crippen LogP contribution in [0, 0.1) is 12.8 Å². The minimum atomic E-state index is -0.278. The highest BCUT2D eigenvalue weighted by atomic mass is 16.5. The van der Waals surface area contributed by atoms with Crippen LogP contribution in [-0.4, -0.2) is 36.5 Å². The molecule has 0 heterocycles. The average molecular weight is 374 g/mol. The van der Waals surface area contributed by atoms with E-state index in [0.29, 0.717) is 13.0 Å². The predicted molar refractivity (Wildman–Crippen MR) is 109 cm³/mol. The van der Waals surface area contributed by atoms with Crippen molar-refractivity contribution in [2.75, 3.05) is 13.7 Å². The van der Waals surface area contributed by atoms with E-state index in [-0.39, 0.29) is 23.8 Å². The number of hydrogen-bond donors (Lipinski definition) is 0. The van der Waals surface area contributed by atoms with Gasteiger partial charge >= 0.3 is 5.97 Å². The fourth-order valence-corrected chi connectivity index (χ4v) is 3.94. The van der Waals surface area contributed by atoms with E-state index < -0.39 is 0 Å². The Bertz CT molecular complexity index is 588. The van der Waals surface area contributed by atoms with Gasteiger partial charge in [0, 0.05) is 19.0 Å². The van der Waals surface area contributed by atoms with Crippen molar-refractivity contribution in [1.82, 2.24) is 4.90 Å². The molecule has 1 unspecified atom stereocenters. The molecular formula is C23H35NO3. The Morgan fingerprint density at radius 1 is 1.11 bits per heavy atom. The minimum absolute atomic E-state index is 0.185. The maximum absolute atomic E-state index is 13.0. The molecular weight excluding hydrogens is 338 g/mol. The summed E-state index contributed by atoms with van der Waals surface area (Å²) in [5.74, 6) is -0.329. The van der Waals surface area contributed by atoms with E-state index in [9.17, 15) is 9.59 Å². The first-order valence-electron chi connectivity index (χ1n) is 10.4. The largest absolute Gasteiger partial charge is 0.469 e. The van der Waals surface area contributed by atoms with Crippen molar-refractivity contribution >= 4 is 11.9 Å². The van der Waals surface area contributed by atoms with Crippen molar-refractivity contribution in [3.8, 4) is 0 Å². The van der Waals surface area contributed by atoms with Gasteiger partial charge in [-0.15, -0.1) is 0 Å². The molecule has 4 heteroatoms. The Morgan fingerprint density at radius 3 is 2.33 bits per heavy atom. The zero-order valence-electron chi connectivity index (χ0n) is 17.2. The van der Waals surface area contributed by atoms with Crippen molar-refractivity contribution in [1.29, 1.82) is 0 Å². The Balaban J connectivity index is 1.96. The molecule has 0 radical (unpaired) electrons. The quantitative estimate of drug-likeness (QED) is 0.491. The lowest BCUT2D eigenvalue weighted by Crippen LogP contribution is -2.44. The predicted octanol–water partition coefficient (Wildman–Crippen LogP) is 4.68. The van der Waals surface area contributed by atoms with Gasteiger partial charge in [0.25, 0.3) is 0 Å². The molecule has 1 amide bonds. The third-order valence-corrected chi connectivity index (χ3v) is 5.64. The molecule has 1 aliphatic rings. The maximum atomic E-state index is 13.0. The molecule has 1 atom stereocenters. The van der Waals surface area contributed by atoms with Crippen LogP contribution in [0.25, 0.3) is 0 Å². The van der Waals surface area contributed by atoms with Gasteiger partial charge in [0.15, 0.2) is 0 Å². The van der Waals surface area contributed by atoms with Crippen LogP contribution in [0.1, 0.15) is 69.4 Å². The number of ether oxygens (including phenoxy) is 1. The van der Waals surface area contributed by atoms with Gasteiger partial charge in [0.1, 0.15) is 0 Å². The van der Waals surface area contributed by atoms with Gasteiger partial charge in [-0.3, -0.25) is 9.59 Å². The topological polar surface area (TPSA) is 46.6 Å². The summed E-state index contributed by atoms with van der Waals surface area (Å²) in [6.07, 6.45) is 9.24. The maximum Gasteiger partial charge on any atom is 0.310 e. The lowest BCUT2D eigenvalue weighted by atomic mass is 10.0. The highest BCUT2D eigenvalue weighted by Crippen LogP contribution is 2.24. The van der Waals surface area contributed by atoms with Gasteiger partial charge in [-0.2, -0.15) is 0 Å². The average Bonchev–Trinajstić information content (AvgIpc) is 2.96. The normalized spacial score (nSPS) is 16.4. The number of aryl methyl sites for hydroxylation is 2. The molecule has 1 saturated carbocycles. The van der Waals surface area contributed by atoms with Crippen LogP contribution in [0.15, 0.2) is 24.3 Å². The molecule has 0 bridgehead atoms. The van der Waals surface area contributed by atoms with Crippen molar-refractivity contribution in [2.24, 2.45) is 5.92 Å². The lowest BCUT2D eigenvalue weighted by molar-refractivity contribution is -0.147. The zero-order chi connectivity index (χ0) is 19.6. The molecule has 2 rings (SSSR count). The monoisotopic (exact) mass is 373 g/mol. The molecule has 1 aromatic rings. The van der Waals surface area contributed by atoms with Crippen molar-refractivity contribution in [3.05, 3.63) is 35.4 Å². The third kappa shape index (κ3) is 7.00. The summed E-state index contributed by atoms with van der Waals surface area (Å²) in [5.41, 5.74) is 2.53. The summed E-state index contributed by atoms with van der Waals surface area (Å²) in [5, 5.41) is 0. The molecule has 150 valence electrons. The zero-order valence-corrected chi connectivity index (χ0v) is 17.2. The first-order valence-corrected chi connectivity index (χ1v) is 10.4. The van der Waals surface area contributed by atoms with Crippen LogP contribution in [0.5, 0.6) is 0 Å². The number of amides is 1. The van der Waals surface area contributed by atoms with E-state index >= 15 is 0 Å². The Hall–Kier alpha value is -1.84. The number of rotatable bonds is 8. The number of methoxy groups -OCH3 is 1. The van der Waals surface area contributed by atoms with Crippen LogP contribution in [0.3, 0.4) is 0 Å². The molecule has 0 spiro atoms. The summed E-state index contributed by atoms with van der Waals surface area (Å²) in [7, 11) is 1.41. The molecule has 4 nitrogen and oxygen atoms in total. The molecule has 1 fully saturated rings. The highest BCUT2D eigenvalue weighted by molar-refractivity contribution is 5.78. The number of hydrogen-bond acceptors (Lipinski definition) is 3. The summed E-state index contributed by atoms with van der Waals surface area (Å²) in [4.78, 5) is 26.9. The summed E-state index contributed by atoms with van der Waals surface area (Å²) in [6, 6.07) is 8.79. The second-order valence-electron chi connectivity index (χ2n) is 7.95. The van der Waals surface area contributed by atoms with Crippen LogP contribution < -0.4 is 0 Å². The Labute approximate surface area is 164 Å². The van der Waals surface area contributed by atoms with Crippen LogP contribution in [0.4, 0.5) is 0 Å². The van der Waals surface area contributed by atoms with Crippen molar-refractivity contribution in [2.45, 2.75) is 77.7 Å². The van der Waals surface area contributed by atoms with Gasteiger partial charge in [-0.05, 0) is 38.2 Å². The fraction of sp³-hybridized carbons (Fsp3) is 0.652. The van der Waals surface area contributed by atoms with Crippen molar-refractivity contribution < 1.29 is 14.3 Å². The van der Waals surface area contributed by atoms with Crippen LogP contribution in [0.2, 0.25) is 0 Å². The molecule has 0 aliphatic heterocycles. The molecule has 0 saturated heterocycles. The molecule has 0 aromatic heterocycles. The number of nitrogens with zero attached hydrogens (tertiary/aromatic N) is 1. The van der Waals surface area contributed by atoms with E-state index in [0.717, 1.165) is 25.7 Å². The fourth-order valence-electron chi connectivity index (χ4n) is 3.94. The van der Waals surface area contributed by atoms with Gasteiger partial charge in [-0.1, -0.05) is 62.4 Å². The highest BCUT2D eigenvalue weighted by Gasteiger charge is 2.28. The first kappa shape index (κ1) is 21.5. The van der Waals surface area contributed by atoms with E-state index in [1.807, 2.05) is 11.8 Å². The summed E-state index contributed by atoms with van der Waals surface area (Å²) >= 11 is 0. The minimum Gasteiger partial charge on any atom is -0.469 e. The number of benzene rings is 1. The third-order valence-electron chi connectivity index (χ3n) is 5.64. The smallest absolute Gasteiger partial charge is 0.310 e. The van der Waals surface area contributed by atoms with Crippen LogP contribution >= 0.6 is 0 Å². The second kappa shape index (κ2) is 11.1. The van der Waals surface area contributed by atoms with E-state index in [4.69, 9.17) is 4.74 Å². The van der Waals surface area contributed by atoms with E-state index in [1.165, 1.54) is 43.9 Å². The Kier molecular flexibility index (Phi) is 8.83. The molecule has 0 N–H and O–H groups in total. The molecule has 1 aliphatic carbocycles. The Morgan fingerprint density at radius 2 is 1.74 bits per heavy atom. The van der Waals surface area contributed by atoms with Gasteiger partial charge in [0.05, 0.1) is 13.0 Å². The number of carbonyl (C=O) groups is 2. The number of carbonyl (C=O) groups excluding carboxylic acids is 2. The lowest BCUT2D eigenvalue weighted by Gasteiger charge is -2.33. The standard InChI is InChI=1S/C23H35NO3/c1-18-13-15-20(16-14-18)9-8-12-22(25)24(17-19(2)23(26)27-3)21-10-6-4-5-7-11-21/h13-16,19,21H,4-12,17H2,1-3H3. The SMILES string of the molecule is COC(=O)C(C)CN(C(=O)CCCc1ccc(C)cc1)C1CCCCCC1. The van der Waals surface area contributed by atoms with Gasteiger partial charge in [-0.25, -0.2) is 0 Å². The molecule has 1 aromatic carbocycles. The van der Waals surface area contributed by atoms with Crippen molar-refractivity contribution in [3.63, 3.8) is 0 Å². The molecule has 27 heavy (non-hydrogen) atoms. The van der Waals surface area contributed by atoms with E-state index in [2.05, 4.69) is 31.2 Å². The van der Waals surface area contributed by atoms with Gasteiger partial charge < -0.3 is 9.64 Å². The second-order valence-corrected chi connectivity index (χ2v) is 7.95. The van der Waals surface area contributed by atoms with Crippen LogP contribution in [-0.2, 0) is 20.7 Å². The first-order chi connectivity index (χ1) is 13.0.